The van der Waals surface area contributed by atoms with Crippen LogP contribution in [0.4, 0.5) is 0 Å². The summed E-state index contributed by atoms with van der Waals surface area (Å²) in [4.78, 5) is 14.3. The second-order valence-electron chi connectivity index (χ2n) is 7.62. The summed E-state index contributed by atoms with van der Waals surface area (Å²) in [5, 5.41) is 6.70. The summed E-state index contributed by atoms with van der Waals surface area (Å²) < 4.78 is 0. The summed E-state index contributed by atoms with van der Waals surface area (Å²) in [6, 6.07) is 18.6. The molecule has 0 spiro atoms. The molecule has 0 radical (unpaired) electrons. The molecule has 0 aliphatic carbocycles. The summed E-state index contributed by atoms with van der Waals surface area (Å²) in [7, 11) is 0. The number of carbonyl (C=O) groups excluding carboxylic acids is 1. The van der Waals surface area contributed by atoms with Gasteiger partial charge in [-0.25, -0.2) is 0 Å². The largest absolute Gasteiger partial charge is 0.372 e. The van der Waals surface area contributed by atoms with E-state index in [2.05, 4.69) is 79.2 Å². The van der Waals surface area contributed by atoms with Gasteiger partial charge in [0.2, 0.25) is 5.91 Å². The van der Waals surface area contributed by atoms with Crippen LogP contribution in [0.1, 0.15) is 29.5 Å². The quantitative estimate of drug-likeness (QED) is 0.648. The van der Waals surface area contributed by atoms with Gasteiger partial charge in [0.1, 0.15) is 0 Å². The van der Waals surface area contributed by atoms with Crippen LogP contribution in [0, 0.1) is 6.92 Å². The van der Waals surface area contributed by atoms with E-state index in [-0.39, 0.29) is 11.9 Å². The van der Waals surface area contributed by atoms with Crippen LogP contribution in [0.2, 0.25) is 0 Å². The molecule has 0 bridgehead atoms. The first-order valence-corrected chi connectivity index (χ1v) is 10.3. The molecule has 1 atom stereocenters. The normalized spacial score (nSPS) is 14.5. The van der Waals surface area contributed by atoms with E-state index in [9.17, 15) is 4.79 Å². The van der Waals surface area contributed by atoms with Crippen LogP contribution in [-0.2, 0) is 11.2 Å². The smallest absolute Gasteiger partial charge is 0.223 e. The fraction of sp³-hybridized carbons (Fsp3) is 0.320. The number of likely N-dealkylation sites (tertiary alicyclic amines) is 1. The number of hydrogen-bond acceptors (Lipinski definition) is 3. The number of rotatable bonds is 10. The molecule has 0 aromatic heterocycles. The Morgan fingerprint density at radius 2 is 1.79 bits per heavy atom. The number of nitrogens with one attached hydrogen (secondary N) is 2. The summed E-state index contributed by atoms with van der Waals surface area (Å²) in [5.74, 6) is 0.974. The minimum atomic E-state index is -0.0830. The maximum atomic E-state index is 12.4. The molecule has 1 heterocycles. The van der Waals surface area contributed by atoms with E-state index >= 15 is 0 Å². The van der Waals surface area contributed by atoms with Crippen LogP contribution in [0.25, 0.3) is 5.57 Å². The zero-order chi connectivity index (χ0) is 20.6. The van der Waals surface area contributed by atoms with E-state index < -0.39 is 0 Å². The highest BCUT2D eigenvalue weighted by Gasteiger charge is 2.30. The summed E-state index contributed by atoms with van der Waals surface area (Å²) in [6.45, 7) is 12.7. The Hall–Kier alpha value is -3.01. The van der Waals surface area contributed by atoms with Crippen LogP contribution in [0.3, 0.4) is 0 Å². The predicted octanol–water partition coefficient (Wildman–Crippen LogP) is 3.89. The topological polar surface area (TPSA) is 44.4 Å². The highest BCUT2D eigenvalue weighted by molar-refractivity contribution is 5.82. The van der Waals surface area contributed by atoms with Gasteiger partial charge in [0, 0.05) is 26.1 Å². The van der Waals surface area contributed by atoms with Gasteiger partial charge in [-0.1, -0.05) is 73.3 Å². The zero-order valence-corrected chi connectivity index (χ0v) is 17.3. The van der Waals surface area contributed by atoms with Crippen LogP contribution in [0.5, 0.6) is 0 Å². The van der Waals surface area contributed by atoms with E-state index in [0.29, 0.717) is 13.0 Å². The van der Waals surface area contributed by atoms with Crippen LogP contribution in [0.15, 0.2) is 73.6 Å². The molecule has 4 heteroatoms. The lowest BCUT2D eigenvalue weighted by molar-refractivity contribution is -0.128. The van der Waals surface area contributed by atoms with Crippen molar-refractivity contribution >= 4 is 11.5 Å². The highest BCUT2D eigenvalue weighted by atomic mass is 16.2. The third-order valence-corrected chi connectivity index (χ3v) is 5.41. The van der Waals surface area contributed by atoms with Crippen molar-refractivity contribution < 1.29 is 4.79 Å². The van der Waals surface area contributed by atoms with Crippen molar-refractivity contribution in [2.24, 2.45) is 0 Å². The first kappa shape index (κ1) is 20.7. The highest BCUT2D eigenvalue weighted by Crippen LogP contribution is 2.25. The Labute approximate surface area is 174 Å². The molecular formula is C25H31N3O. The van der Waals surface area contributed by atoms with Gasteiger partial charge >= 0.3 is 0 Å². The van der Waals surface area contributed by atoms with Gasteiger partial charge in [0.15, 0.2) is 0 Å². The molecule has 1 amide bonds. The number of benzene rings is 2. The molecule has 2 N–H and O–H groups in total. The van der Waals surface area contributed by atoms with Gasteiger partial charge in [-0.05, 0) is 36.5 Å². The Balaban J connectivity index is 1.58. The molecule has 3 rings (SSSR count). The van der Waals surface area contributed by atoms with Crippen molar-refractivity contribution in [3.63, 3.8) is 0 Å². The average Bonchev–Trinajstić information content (AvgIpc) is 3.15. The van der Waals surface area contributed by atoms with Crippen molar-refractivity contribution in [1.29, 1.82) is 0 Å². The monoisotopic (exact) mass is 389 g/mol. The number of hydrogen-bond donors (Lipinski definition) is 2. The second kappa shape index (κ2) is 9.97. The Morgan fingerprint density at radius 1 is 1.07 bits per heavy atom. The molecule has 1 unspecified atom stereocenters. The number of nitrogens with zero attached hydrogens (tertiary/aromatic N) is 1. The van der Waals surface area contributed by atoms with Crippen molar-refractivity contribution in [3.8, 4) is 0 Å². The van der Waals surface area contributed by atoms with E-state index in [0.717, 1.165) is 42.9 Å². The van der Waals surface area contributed by atoms with Crippen molar-refractivity contribution in [2.45, 2.75) is 32.2 Å². The maximum Gasteiger partial charge on any atom is 0.223 e. The lowest BCUT2D eigenvalue weighted by Crippen LogP contribution is -2.44. The predicted molar refractivity (Wildman–Crippen MR) is 120 cm³/mol. The SMILES string of the molecule is C=C(NCCc1ccccc1)NCC(C(=C)c1ccc(C)cc1)N1CCCC1=O. The van der Waals surface area contributed by atoms with E-state index in [4.69, 9.17) is 0 Å². The van der Waals surface area contributed by atoms with Gasteiger partial charge < -0.3 is 15.5 Å². The lowest BCUT2D eigenvalue weighted by Gasteiger charge is -2.31. The molecule has 2 aromatic rings. The third kappa shape index (κ3) is 5.74. The first-order chi connectivity index (χ1) is 14.0. The van der Waals surface area contributed by atoms with E-state index in [1.165, 1.54) is 11.1 Å². The van der Waals surface area contributed by atoms with E-state index in [1.807, 2.05) is 11.0 Å². The maximum absolute atomic E-state index is 12.4. The molecule has 1 fully saturated rings. The van der Waals surface area contributed by atoms with Gasteiger partial charge in [-0.3, -0.25) is 4.79 Å². The van der Waals surface area contributed by atoms with Crippen LogP contribution >= 0.6 is 0 Å². The minimum Gasteiger partial charge on any atom is -0.372 e. The molecule has 4 nitrogen and oxygen atoms in total. The first-order valence-electron chi connectivity index (χ1n) is 10.3. The van der Waals surface area contributed by atoms with Gasteiger partial charge in [-0.15, -0.1) is 0 Å². The zero-order valence-electron chi connectivity index (χ0n) is 17.3. The molecule has 29 heavy (non-hydrogen) atoms. The second-order valence-corrected chi connectivity index (χ2v) is 7.62. The van der Waals surface area contributed by atoms with Crippen molar-refractivity contribution in [2.75, 3.05) is 19.6 Å². The molecule has 1 aliphatic rings. The van der Waals surface area contributed by atoms with E-state index in [1.54, 1.807) is 0 Å². The number of aryl methyl sites for hydroxylation is 1. The summed E-state index contributed by atoms with van der Waals surface area (Å²) in [6.07, 6.45) is 2.46. The molecule has 1 aliphatic heterocycles. The number of amides is 1. The molecule has 152 valence electrons. The molecule has 1 saturated heterocycles. The van der Waals surface area contributed by atoms with Crippen molar-refractivity contribution in [3.05, 3.63) is 90.3 Å². The fourth-order valence-electron chi connectivity index (χ4n) is 3.66. The number of carbonyl (C=O) groups is 1. The Bertz CT molecular complexity index is 842. The third-order valence-electron chi connectivity index (χ3n) is 5.41. The Morgan fingerprint density at radius 3 is 2.45 bits per heavy atom. The Kier molecular flexibility index (Phi) is 7.12. The van der Waals surface area contributed by atoms with Crippen LogP contribution < -0.4 is 10.6 Å². The molecule has 0 saturated carbocycles. The van der Waals surface area contributed by atoms with Gasteiger partial charge in [0.05, 0.1) is 11.9 Å². The minimum absolute atomic E-state index is 0.0830. The summed E-state index contributed by atoms with van der Waals surface area (Å²) in [5.41, 5.74) is 4.54. The van der Waals surface area contributed by atoms with Gasteiger partial charge in [-0.2, -0.15) is 0 Å². The van der Waals surface area contributed by atoms with Crippen molar-refractivity contribution in [1.82, 2.24) is 15.5 Å². The standard InChI is InChI=1S/C25H31N3O/c1-19-11-13-23(14-12-19)20(2)24(28-17-7-10-25(28)29)18-27-21(3)26-16-15-22-8-5-4-6-9-22/h4-6,8-9,11-14,24,26-27H,2-3,7,10,15-18H2,1H3. The molecular weight excluding hydrogens is 358 g/mol. The lowest BCUT2D eigenvalue weighted by atomic mass is 9.98. The van der Waals surface area contributed by atoms with Gasteiger partial charge in [0.25, 0.3) is 0 Å². The average molecular weight is 390 g/mol. The fourth-order valence-corrected chi connectivity index (χ4v) is 3.66. The summed E-state index contributed by atoms with van der Waals surface area (Å²) >= 11 is 0. The van der Waals surface area contributed by atoms with Crippen LogP contribution in [-0.4, -0.2) is 36.5 Å². The molecule has 2 aromatic carbocycles.